The molecule has 0 heterocycles. The Bertz CT molecular complexity index is 1930. The second-order valence-corrected chi connectivity index (χ2v) is 30.5. The maximum Gasteiger partial charge on any atom is 0.472 e. The molecule has 0 aliphatic rings. The van der Waals surface area contributed by atoms with E-state index < -0.39 is 97.5 Å². The predicted molar refractivity (Wildman–Crippen MR) is 381 cm³/mol. The number of ether oxygens (including phenoxy) is 4. The van der Waals surface area contributed by atoms with Crippen molar-refractivity contribution < 1.29 is 80.2 Å². The van der Waals surface area contributed by atoms with E-state index in [4.69, 9.17) is 37.0 Å². The van der Waals surface area contributed by atoms with Crippen molar-refractivity contribution in [2.24, 2.45) is 17.8 Å². The Morgan fingerprint density at radius 1 is 0.351 bits per heavy atom. The zero-order valence-electron chi connectivity index (χ0n) is 60.9. The molecule has 0 bridgehead atoms. The summed E-state index contributed by atoms with van der Waals surface area (Å²) in [6.07, 6.45) is 53.5. The van der Waals surface area contributed by atoms with Gasteiger partial charge < -0.3 is 33.8 Å². The van der Waals surface area contributed by atoms with Gasteiger partial charge in [-0.2, -0.15) is 0 Å². The topological polar surface area (TPSA) is 237 Å². The summed E-state index contributed by atoms with van der Waals surface area (Å²) in [5.41, 5.74) is 0. The molecule has 0 radical (unpaired) electrons. The Morgan fingerprint density at radius 2 is 0.628 bits per heavy atom. The molecule has 0 aromatic rings. The average molecular weight is 1380 g/mol. The van der Waals surface area contributed by atoms with Crippen LogP contribution in [-0.2, 0) is 65.4 Å². The molecule has 0 saturated heterocycles. The number of hydrogen-bond acceptors (Lipinski definition) is 15. The summed E-state index contributed by atoms with van der Waals surface area (Å²) in [7, 11) is -9.92. The largest absolute Gasteiger partial charge is 0.472 e. The molecule has 19 heteroatoms. The second kappa shape index (κ2) is 65.2. The van der Waals surface area contributed by atoms with Crippen molar-refractivity contribution in [2.75, 3.05) is 39.6 Å². The van der Waals surface area contributed by atoms with Crippen molar-refractivity contribution in [3.8, 4) is 0 Å². The minimum Gasteiger partial charge on any atom is -0.462 e. The molecule has 0 aliphatic heterocycles. The Hall–Kier alpha value is -2.46. The second-order valence-electron chi connectivity index (χ2n) is 27.5. The first-order valence-corrected chi connectivity index (χ1v) is 41.2. The third-order valence-corrected chi connectivity index (χ3v) is 19.0. The number of hydrogen-bond donors (Lipinski definition) is 3. The van der Waals surface area contributed by atoms with Crippen molar-refractivity contribution in [3.63, 3.8) is 0 Å². The lowest BCUT2D eigenvalue weighted by atomic mass is 9.99. The number of carbonyl (C=O) groups is 4. The van der Waals surface area contributed by atoms with Crippen LogP contribution in [0, 0.1) is 17.8 Å². The maximum absolute atomic E-state index is 13.1. The highest BCUT2D eigenvalue weighted by molar-refractivity contribution is 7.47. The molecule has 554 valence electrons. The van der Waals surface area contributed by atoms with Crippen LogP contribution in [0.25, 0.3) is 0 Å². The predicted octanol–water partition coefficient (Wildman–Crippen LogP) is 21.3. The van der Waals surface area contributed by atoms with E-state index in [-0.39, 0.29) is 25.7 Å². The Kier molecular flexibility index (Phi) is 63.5. The van der Waals surface area contributed by atoms with Crippen LogP contribution >= 0.6 is 15.6 Å². The monoisotopic (exact) mass is 1380 g/mol. The van der Waals surface area contributed by atoms with E-state index in [9.17, 15) is 43.2 Å². The van der Waals surface area contributed by atoms with Gasteiger partial charge in [0, 0.05) is 25.7 Å². The fourth-order valence-electron chi connectivity index (χ4n) is 10.9. The summed E-state index contributed by atoms with van der Waals surface area (Å²) in [6.45, 7) is 11.8. The molecule has 6 atom stereocenters. The van der Waals surface area contributed by atoms with Gasteiger partial charge in [-0.25, -0.2) is 9.13 Å². The average Bonchev–Trinajstić information content (AvgIpc) is 1.19. The highest BCUT2D eigenvalue weighted by atomic mass is 31.2. The number of carbonyl (C=O) groups excluding carboxylic acids is 4. The Labute approximate surface area is 573 Å². The van der Waals surface area contributed by atoms with Crippen LogP contribution in [0.1, 0.15) is 357 Å². The van der Waals surface area contributed by atoms with Crippen molar-refractivity contribution >= 4 is 39.5 Å². The van der Waals surface area contributed by atoms with Gasteiger partial charge >= 0.3 is 39.5 Å². The molecule has 0 aliphatic carbocycles. The van der Waals surface area contributed by atoms with Gasteiger partial charge in [-0.15, -0.1) is 0 Å². The third kappa shape index (κ3) is 66.8. The van der Waals surface area contributed by atoms with E-state index in [0.717, 1.165) is 127 Å². The van der Waals surface area contributed by atoms with E-state index in [1.54, 1.807) is 0 Å². The zero-order chi connectivity index (χ0) is 69.4. The molecule has 17 nitrogen and oxygen atoms in total. The lowest BCUT2D eigenvalue weighted by Gasteiger charge is -2.21. The summed E-state index contributed by atoms with van der Waals surface area (Å²) < 4.78 is 68.4. The van der Waals surface area contributed by atoms with Crippen LogP contribution in [0.15, 0.2) is 24.3 Å². The lowest BCUT2D eigenvalue weighted by Crippen LogP contribution is -2.30. The van der Waals surface area contributed by atoms with E-state index >= 15 is 0 Å². The van der Waals surface area contributed by atoms with Crippen molar-refractivity contribution in [3.05, 3.63) is 24.3 Å². The minimum atomic E-state index is -4.96. The maximum atomic E-state index is 13.1. The summed E-state index contributed by atoms with van der Waals surface area (Å²) in [5.74, 6) is 0.126. The number of phosphoric acid groups is 2. The van der Waals surface area contributed by atoms with Gasteiger partial charge in [0.15, 0.2) is 12.2 Å². The normalized spacial score (nSPS) is 14.6. The molecule has 94 heavy (non-hydrogen) atoms. The van der Waals surface area contributed by atoms with Crippen molar-refractivity contribution in [1.29, 1.82) is 0 Å². The molecule has 0 aromatic heterocycles. The molecule has 0 fully saturated rings. The summed E-state index contributed by atoms with van der Waals surface area (Å²) in [4.78, 5) is 72.8. The number of allylic oxidation sites excluding steroid dienone is 4. The van der Waals surface area contributed by atoms with Gasteiger partial charge in [0.1, 0.15) is 19.3 Å². The van der Waals surface area contributed by atoms with Crippen molar-refractivity contribution in [2.45, 2.75) is 375 Å². The fourth-order valence-corrected chi connectivity index (χ4v) is 12.4. The lowest BCUT2D eigenvalue weighted by molar-refractivity contribution is -0.161. The molecule has 0 rings (SSSR count). The van der Waals surface area contributed by atoms with Crippen LogP contribution in [-0.4, -0.2) is 96.7 Å². The van der Waals surface area contributed by atoms with Crippen molar-refractivity contribution in [1.82, 2.24) is 0 Å². The number of rotatable bonds is 71. The fraction of sp³-hybridized carbons (Fsp3) is 0.893. The first-order valence-electron chi connectivity index (χ1n) is 38.2. The molecule has 0 aromatic carbocycles. The first-order chi connectivity index (χ1) is 45.3. The van der Waals surface area contributed by atoms with Crippen LogP contribution < -0.4 is 0 Å². The molecular formula is C75H142O17P2. The van der Waals surface area contributed by atoms with E-state index in [0.29, 0.717) is 25.7 Å². The van der Waals surface area contributed by atoms with Gasteiger partial charge in [0.05, 0.1) is 26.4 Å². The smallest absolute Gasteiger partial charge is 0.462 e. The van der Waals surface area contributed by atoms with E-state index in [1.165, 1.54) is 148 Å². The zero-order valence-corrected chi connectivity index (χ0v) is 62.7. The van der Waals surface area contributed by atoms with Crippen LogP contribution in [0.3, 0.4) is 0 Å². The van der Waals surface area contributed by atoms with Gasteiger partial charge in [0.2, 0.25) is 0 Å². The molecule has 4 unspecified atom stereocenters. The Balaban J connectivity index is 5.30. The quantitative estimate of drug-likeness (QED) is 0.0169. The van der Waals surface area contributed by atoms with Gasteiger partial charge in [-0.1, -0.05) is 304 Å². The standard InChI is InChI=1S/C75H142O17P2/c1-8-10-11-12-13-14-15-16-17-20-23-26-35-42-49-56-72(77)85-62-70(91-74(79)58-51-44-37-27-24-21-18-19-22-25-32-39-46-53-66(3)4)64-89-93(81,82)87-60-69(76)61-88-94(83,84)90-65-71(63-86-73(78)57-50-43-36-30-28-33-40-47-54-67(5)6)92-75(80)59-52-45-38-31-29-34-41-48-55-68(7)9-2/h14-17,66-71,76H,8-13,18-65H2,1-7H3,(H,81,82)(H,83,84)/b15-14-,17-16-/t68?,69?,70-,71-/m1/s1. The van der Waals surface area contributed by atoms with Gasteiger partial charge in [-0.3, -0.25) is 37.3 Å². The highest BCUT2D eigenvalue weighted by Gasteiger charge is 2.30. The number of aliphatic hydroxyl groups is 1. The summed E-state index contributed by atoms with van der Waals surface area (Å²) in [5, 5.41) is 10.6. The van der Waals surface area contributed by atoms with Gasteiger partial charge in [0.25, 0.3) is 0 Å². The van der Waals surface area contributed by atoms with Crippen LogP contribution in [0.4, 0.5) is 0 Å². The molecule has 0 spiro atoms. The SMILES string of the molecule is CCCCCC/C=C\C=C/CCCCCCCC(=O)OC[C@H](COP(=O)(O)OCC(O)COP(=O)(O)OC[C@@H](COC(=O)CCCCCCCCCCC(C)C)OC(=O)CCCCCCCCCCC(C)CC)OC(=O)CCCCCCCCCCCCCCCC(C)C. The van der Waals surface area contributed by atoms with E-state index in [2.05, 4.69) is 72.8 Å². The summed E-state index contributed by atoms with van der Waals surface area (Å²) in [6, 6.07) is 0. The number of aliphatic hydroxyl groups excluding tert-OH is 1. The minimum absolute atomic E-state index is 0.0998. The molecule has 0 amide bonds. The number of unbranched alkanes of at least 4 members (excludes halogenated alkanes) is 35. The van der Waals surface area contributed by atoms with Crippen LogP contribution in [0.5, 0.6) is 0 Å². The van der Waals surface area contributed by atoms with Gasteiger partial charge in [-0.05, 0) is 69.1 Å². The molecule has 3 N–H and O–H groups in total. The first kappa shape index (κ1) is 91.5. The number of esters is 4. The molecule has 0 saturated carbocycles. The number of phosphoric ester groups is 2. The highest BCUT2D eigenvalue weighted by Crippen LogP contribution is 2.45. The molecular weight excluding hydrogens is 1230 g/mol. The third-order valence-electron chi connectivity index (χ3n) is 17.1. The van der Waals surface area contributed by atoms with E-state index in [1.807, 2.05) is 0 Å². The Morgan fingerprint density at radius 3 is 0.947 bits per heavy atom. The van der Waals surface area contributed by atoms with Crippen LogP contribution in [0.2, 0.25) is 0 Å². The summed E-state index contributed by atoms with van der Waals surface area (Å²) >= 11 is 0.